The van der Waals surface area contributed by atoms with Gasteiger partial charge in [-0.3, -0.25) is 4.79 Å². The van der Waals surface area contributed by atoms with E-state index in [1.165, 1.54) is 48.9 Å². The van der Waals surface area contributed by atoms with Crippen molar-refractivity contribution in [1.82, 2.24) is 4.31 Å². The molecule has 2 aromatic carbocycles. The number of methoxy groups -OCH3 is 2. The maximum absolute atomic E-state index is 13.5. The number of hydrogen-bond acceptors (Lipinski definition) is 6. The molecule has 1 aliphatic heterocycles. The Morgan fingerprint density at radius 1 is 1.13 bits per heavy atom. The first kappa shape index (κ1) is 22.0. The summed E-state index contributed by atoms with van der Waals surface area (Å²) in [5, 5.41) is 0. The van der Waals surface area contributed by atoms with Crippen molar-refractivity contribution in [2.45, 2.75) is 24.3 Å². The molecule has 0 amide bonds. The van der Waals surface area contributed by atoms with E-state index in [1.807, 2.05) is 0 Å². The fourth-order valence-corrected chi connectivity index (χ4v) is 4.90. The van der Waals surface area contributed by atoms with Crippen LogP contribution in [0.2, 0.25) is 0 Å². The molecule has 0 aromatic heterocycles. The first-order valence-electron chi connectivity index (χ1n) is 9.48. The van der Waals surface area contributed by atoms with Crippen molar-refractivity contribution >= 4 is 16.0 Å². The molecule has 1 fully saturated rings. The third kappa shape index (κ3) is 4.91. The van der Waals surface area contributed by atoms with E-state index in [0.717, 1.165) is 0 Å². The lowest BCUT2D eigenvalue weighted by Gasteiger charge is -2.30. The average Bonchev–Trinajstić information content (AvgIpc) is 2.77. The summed E-state index contributed by atoms with van der Waals surface area (Å²) < 4.78 is 56.2. The number of rotatable bonds is 7. The molecule has 7 nitrogen and oxygen atoms in total. The van der Waals surface area contributed by atoms with Gasteiger partial charge in [-0.15, -0.1) is 0 Å². The Balaban J connectivity index is 1.66. The van der Waals surface area contributed by atoms with Crippen LogP contribution in [0.1, 0.15) is 18.4 Å². The molecule has 9 heteroatoms. The van der Waals surface area contributed by atoms with Crippen LogP contribution in [0.25, 0.3) is 0 Å². The lowest BCUT2D eigenvalue weighted by Crippen LogP contribution is -2.42. The van der Waals surface area contributed by atoms with Crippen LogP contribution in [0, 0.1) is 11.7 Å². The molecular weight excluding hydrogens is 413 g/mol. The van der Waals surface area contributed by atoms with Gasteiger partial charge in [-0.25, -0.2) is 12.8 Å². The largest absolute Gasteiger partial charge is 0.497 e. The van der Waals surface area contributed by atoms with Crippen LogP contribution in [0.4, 0.5) is 4.39 Å². The summed E-state index contributed by atoms with van der Waals surface area (Å²) >= 11 is 0. The minimum Gasteiger partial charge on any atom is -0.497 e. The van der Waals surface area contributed by atoms with Crippen molar-refractivity contribution in [2.24, 2.45) is 5.92 Å². The first-order chi connectivity index (χ1) is 14.3. The molecule has 0 bridgehead atoms. The van der Waals surface area contributed by atoms with Gasteiger partial charge >= 0.3 is 5.97 Å². The number of carbonyl (C=O) groups is 1. The van der Waals surface area contributed by atoms with Gasteiger partial charge in [-0.05, 0) is 55.3 Å². The van der Waals surface area contributed by atoms with E-state index in [0.29, 0.717) is 36.4 Å². The molecule has 30 heavy (non-hydrogen) atoms. The molecule has 2 aromatic rings. The van der Waals surface area contributed by atoms with Gasteiger partial charge in [0.05, 0.1) is 25.0 Å². The molecular formula is C21H24FNO6S. The summed E-state index contributed by atoms with van der Waals surface area (Å²) in [5.74, 6) is -0.600. The molecule has 1 unspecified atom stereocenters. The van der Waals surface area contributed by atoms with Gasteiger partial charge < -0.3 is 14.2 Å². The third-order valence-corrected chi connectivity index (χ3v) is 6.91. The Hall–Kier alpha value is -2.65. The second-order valence-electron chi connectivity index (χ2n) is 6.94. The number of ether oxygens (including phenoxy) is 3. The molecule has 3 rings (SSSR count). The Bertz CT molecular complexity index is 993. The molecule has 1 atom stereocenters. The maximum Gasteiger partial charge on any atom is 0.310 e. The van der Waals surface area contributed by atoms with E-state index in [-0.39, 0.29) is 18.0 Å². The molecule has 0 saturated carbocycles. The lowest BCUT2D eigenvalue weighted by atomic mass is 10.00. The van der Waals surface area contributed by atoms with Crippen molar-refractivity contribution in [3.8, 4) is 11.5 Å². The maximum atomic E-state index is 13.5. The van der Waals surface area contributed by atoms with Crippen LogP contribution in [-0.2, 0) is 26.2 Å². The quantitative estimate of drug-likeness (QED) is 0.620. The summed E-state index contributed by atoms with van der Waals surface area (Å²) in [6.07, 6.45) is 1.06. The van der Waals surface area contributed by atoms with E-state index in [1.54, 1.807) is 12.1 Å². The lowest BCUT2D eigenvalue weighted by molar-refractivity contribution is -0.151. The van der Waals surface area contributed by atoms with Gasteiger partial charge in [0.1, 0.15) is 23.9 Å². The monoisotopic (exact) mass is 437 g/mol. The van der Waals surface area contributed by atoms with E-state index in [4.69, 9.17) is 14.2 Å². The summed E-state index contributed by atoms with van der Waals surface area (Å²) in [4.78, 5) is 12.7. The van der Waals surface area contributed by atoms with Crippen LogP contribution < -0.4 is 9.47 Å². The topological polar surface area (TPSA) is 82.1 Å². The molecule has 1 heterocycles. The first-order valence-corrected chi connectivity index (χ1v) is 10.9. The number of piperidine rings is 1. The number of benzene rings is 2. The van der Waals surface area contributed by atoms with Crippen molar-refractivity contribution in [3.05, 3.63) is 53.8 Å². The number of hydrogen-bond donors (Lipinski definition) is 0. The van der Waals surface area contributed by atoms with Crippen molar-refractivity contribution in [3.63, 3.8) is 0 Å². The predicted molar refractivity (Wildman–Crippen MR) is 107 cm³/mol. The van der Waals surface area contributed by atoms with Crippen molar-refractivity contribution in [2.75, 3.05) is 27.3 Å². The highest BCUT2D eigenvalue weighted by Crippen LogP contribution is 2.27. The SMILES string of the molecule is COc1ccc(S(=O)(=O)N2CCCC(C(=O)OCc3cc(F)ccc3OC)C2)cc1. The average molecular weight is 437 g/mol. The van der Waals surface area contributed by atoms with Crippen LogP contribution in [0.5, 0.6) is 11.5 Å². The van der Waals surface area contributed by atoms with Gasteiger partial charge in [0.2, 0.25) is 10.0 Å². The van der Waals surface area contributed by atoms with Gasteiger partial charge in [-0.2, -0.15) is 4.31 Å². The van der Waals surface area contributed by atoms with Crippen molar-refractivity contribution < 1.29 is 31.8 Å². The number of halogens is 1. The van der Waals surface area contributed by atoms with E-state index in [9.17, 15) is 17.6 Å². The second kappa shape index (κ2) is 9.44. The standard InChI is InChI=1S/C21H24FNO6S/c1-27-18-6-8-19(9-7-18)30(25,26)23-11-3-4-15(13-23)21(24)29-14-16-12-17(22)5-10-20(16)28-2/h5-10,12,15H,3-4,11,13-14H2,1-2H3. The smallest absolute Gasteiger partial charge is 0.310 e. The number of carbonyl (C=O) groups excluding carboxylic acids is 1. The third-order valence-electron chi connectivity index (χ3n) is 5.03. The van der Waals surface area contributed by atoms with Gasteiger partial charge in [0.25, 0.3) is 0 Å². The summed E-state index contributed by atoms with van der Waals surface area (Å²) in [6, 6.07) is 10.1. The fraction of sp³-hybridized carbons (Fsp3) is 0.381. The predicted octanol–water partition coefficient (Wildman–Crippen LogP) is 2.99. The van der Waals surface area contributed by atoms with Crippen molar-refractivity contribution in [1.29, 1.82) is 0 Å². The highest BCUT2D eigenvalue weighted by atomic mass is 32.2. The fourth-order valence-electron chi connectivity index (χ4n) is 3.38. The Morgan fingerprint density at radius 2 is 1.87 bits per heavy atom. The second-order valence-corrected chi connectivity index (χ2v) is 8.88. The van der Waals surface area contributed by atoms with Crippen LogP contribution in [0.3, 0.4) is 0 Å². The Morgan fingerprint density at radius 3 is 2.53 bits per heavy atom. The minimum atomic E-state index is -3.74. The highest BCUT2D eigenvalue weighted by Gasteiger charge is 2.34. The summed E-state index contributed by atoms with van der Waals surface area (Å²) in [7, 11) is -0.787. The molecule has 0 radical (unpaired) electrons. The number of esters is 1. The number of sulfonamides is 1. The minimum absolute atomic E-state index is 0.0352. The molecule has 0 aliphatic carbocycles. The summed E-state index contributed by atoms with van der Waals surface area (Å²) in [5.41, 5.74) is 0.407. The van der Waals surface area contributed by atoms with E-state index in [2.05, 4.69) is 0 Å². The zero-order valence-corrected chi connectivity index (χ0v) is 17.7. The molecule has 1 aliphatic rings. The van der Waals surface area contributed by atoms with Crippen LogP contribution in [-0.4, -0.2) is 46.0 Å². The zero-order chi connectivity index (χ0) is 21.7. The molecule has 0 N–H and O–H groups in total. The van der Waals surface area contributed by atoms with Gasteiger partial charge in [0, 0.05) is 18.7 Å². The Labute approximate surface area is 175 Å². The number of nitrogens with zero attached hydrogens (tertiary/aromatic N) is 1. The van der Waals surface area contributed by atoms with Crippen LogP contribution >= 0.6 is 0 Å². The van der Waals surface area contributed by atoms with Gasteiger partial charge in [0.15, 0.2) is 0 Å². The van der Waals surface area contributed by atoms with E-state index >= 15 is 0 Å². The normalized spacial score (nSPS) is 17.4. The Kier molecular flexibility index (Phi) is 6.94. The molecule has 1 saturated heterocycles. The summed E-state index contributed by atoms with van der Waals surface area (Å²) in [6.45, 7) is 0.213. The highest BCUT2D eigenvalue weighted by molar-refractivity contribution is 7.89. The van der Waals surface area contributed by atoms with Crippen LogP contribution in [0.15, 0.2) is 47.4 Å². The van der Waals surface area contributed by atoms with Gasteiger partial charge in [-0.1, -0.05) is 0 Å². The van der Waals surface area contributed by atoms with E-state index < -0.39 is 27.7 Å². The molecule has 162 valence electrons. The molecule has 0 spiro atoms. The zero-order valence-electron chi connectivity index (χ0n) is 16.8.